The summed E-state index contributed by atoms with van der Waals surface area (Å²) in [5.74, 6) is 5.74. The Labute approximate surface area is 116 Å². The fraction of sp³-hybridized carbons (Fsp3) is 0.133. The summed E-state index contributed by atoms with van der Waals surface area (Å²) in [4.78, 5) is 4.15. The first-order valence-corrected chi connectivity index (χ1v) is 7.07. The van der Waals surface area contributed by atoms with Crippen LogP contribution in [0.1, 0.15) is 17.2 Å². The van der Waals surface area contributed by atoms with E-state index in [0.717, 1.165) is 6.42 Å². The van der Waals surface area contributed by atoms with Gasteiger partial charge in [-0.25, -0.2) is 0 Å². The normalized spacial score (nSPS) is 12.7. The average Bonchev–Trinajstić information content (AvgIpc) is 2.90. The Morgan fingerprint density at radius 2 is 2.11 bits per heavy atom. The minimum Gasteiger partial charge on any atom is -0.271 e. The van der Waals surface area contributed by atoms with Crippen LogP contribution in [0.3, 0.4) is 0 Å². The van der Waals surface area contributed by atoms with Crippen LogP contribution in [0.4, 0.5) is 0 Å². The van der Waals surface area contributed by atoms with Crippen molar-refractivity contribution in [1.29, 1.82) is 0 Å². The number of thiophene rings is 1. The topological polar surface area (TPSA) is 50.9 Å². The van der Waals surface area contributed by atoms with E-state index in [1.54, 1.807) is 17.5 Å². The molecule has 0 aliphatic heterocycles. The molecule has 3 N–H and O–H groups in total. The van der Waals surface area contributed by atoms with Gasteiger partial charge >= 0.3 is 0 Å². The van der Waals surface area contributed by atoms with Crippen LogP contribution < -0.4 is 11.3 Å². The van der Waals surface area contributed by atoms with Crippen LogP contribution in [0, 0.1) is 0 Å². The summed E-state index contributed by atoms with van der Waals surface area (Å²) in [5, 5.41) is 3.46. The molecular formula is C15H15N3S. The molecule has 4 heteroatoms. The molecule has 0 radical (unpaired) electrons. The molecule has 2 aromatic heterocycles. The van der Waals surface area contributed by atoms with Gasteiger partial charge in [-0.3, -0.25) is 16.3 Å². The number of hydrogen-bond acceptors (Lipinski definition) is 4. The third-order valence-electron chi connectivity index (χ3n) is 3.25. The molecule has 96 valence electrons. The van der Waals surface area contributed by atoms with E-state index in [-0.39, 0.29) is 6.04 Å². The summed E-state index contributed by atoms with van der Waals surface area (Å²) < 4.78 is 1.30. The van der Waals surface area contributed by atoms with Gasteiger partial charge in [-0.15, -0.1) is 11.3 Å². The number of nitrogens with two attached hydrogens (primary N) is 1. The van der Waals surface area contributed by atoms with Crippen LogP contribution >= 0.6 is 11.3 Å². The van der Waals surface area contributed by atoms with Crippen LogP contribution in [0.25, 0.3) is 10.1 Å². The van der Waals surface area contributed by atoms with E-state index in [1.165, 1.54) is 21.2 Å². The predicted octanol–water partition coefficient (Wildman–Crippen LogP) is 3.04. The van der Waals surface area contributed by atoms with Gasteiger partial charge in [0.15, 0.2) is 0 Å². The van der Waals surface area contributed by atoms with E-state index >= 15 is 0 Å². The Balaban J connectivity index is 1.94. The Hall–Kier alpha value is -1.75. The van der Waals surface area contributed by atoms with Gasteiger partial charge in [0.2, 0.25) is 0 Å². The third-order valence-corrected chi connectivity index (χ3v) is 4.23. The molecule has 0 aliphatic rings. The molecule has 3 aromatic rings. The van der Waals surface area contributed by atoms with Crippen molar-refractivity contribution in [3.05, 3.63) is 65.3 Å². The lowest BCUT2D eigenvalue weighted by Gasteiger charge is -2.15. The van der Waals surface area contributed by atoms with Gasteiger partial charge in [-0.1, -0.05) is 24.3 Å². The highest BCUT2D eigenvalue weighted by atomic mass is 32.1. The molecule has 0 bridgehead atoms. The molecular weight excluding hydrogens is 254 g/mol. The Morgan fingerprint density at radius 1 is 1.21 bits per heavy atom. The van der Waals surface area contributed by atoms with E-state index in [2.05, 4.69) is 46.1 Å². The molecule has 1 unspecified atom stereocenters. The van der Waals surface area contributed by atoms with Gasteiger partial charge < -0.3 is 0 Å². The first-order chi connectivity index (χ1) is 9.38. The van der Waals surface area contributed by atoms with Gasteiger partial charge in [0.05, 0.1) is 6.04 Å². The molecule has 2 heterocycles. The van der Waals surface area contributed by atoms with Crippen molar-refractivity contribution < 1.29 is 0 Å². The summed E-state index contributed by atoms with van der Waals surface area (Å²) in [6, 6.07) is 12.6. The molecule has 0 saturated heterocycles. The zero-order chi connectivity index (χ0) is 13.1. The van der Waals surface area contributed by atoms with Crippen molar-refractivity contribution in [2.24, 2.45) is 5.84 Å². The van der Waals surface area contributed by atoms with E-state index < -0.39 is 0 Å². The van der Waals surface area contributed by atoms with Gasteiger partial charge in [0.1, 0.15) is 0 Å². The zero-order valence-electron chi connectivity index (χ0n) is 10.4. The first-order valence-electron chi connectivity index (χ1n) is 6.19. The summed E-state index contributed by atoms with van der Waals surface area (Å²) >= 11 is 1.76. The fourth-order valence-corrected chi connectivity index (χ4v) is 3.30. The van der Waals surface area contributed by atoms with Crippen LogP contribution in [0.2, 0.25) is 0 Å². The lowest BCUT2D eigenvalue weighted by atomic mass is 10.00. The van der Waals surface area contributed by atoms with Crippen molar-refractivity contribution in [2.75, 3.05) is 0 Å². The summed E-state index contributed by atoms with van der Waals surface area (Å²) in [6.45, 7) is 0. The third kappa shape index (κ3) is 2.51. The highest BCUT2D eigenvalue weighted by molar-refractivity contribution is 7.17. The number of pyridine rings is 1. The standard InChI is InChI=1S/C15H15N3S/c16-18-14(8-11-4-3-7-17-9-11)13-10-19-15-6-2-1-5-12(13)15/h1-7,9-10,14,18H,8,16H2. The number of benzene rings is 1. The second-order valence-electron chi connectivity index (χ2n) is 4.47. The average molecular weight is 269 g/mol. The van der Waals surface area contributed by atoms with Crippen molar-refractivity contribution in [3.63, 3.8) is 0 Å². The van der Waals surface area contributed by atoms with Crippen LogP contribution in [-0.4, -0.2) is 4.98 Å². The molecule has 3 nitrogen and oxygen atoms in total. The molecule has 1 atom stereocenters. The van der Waals surface area contributed by atoms with Gasteiger partial charge in [0.25, 0.3) is 0 Å². The van der Waals surface area contributed by atoms with Crippen molar-refractivity contribution in [1.82, 2.24) is 10.4 Å². The lowest BCUT2D eigenvalue weighted by molar-refractivity contribution is 0.556. The number of rotatable bonds is 4. The summed E-state index contributed by atoms with van der Waals surface area (Å²) in [5.41, 5.74) is 5.36. The highest BCUT2D eigenvalue weighted by Crippen LogP contribution is 2.31. The number of fused-ring (bicyclic) bond motifs is 1. The fourth-order valence-electron chi connectivity index (χ4n) is 2.28. The van der Waals surface area contributed by atoms with E-state index in [0.29, 0.717) is 0 Å². The van der Waals surface area contributed by atoms with Crippen LogP contribution in [-0.2, 0) is 6.42 Å². The van der Waals surface area contributed by atoms with Crippen molar-refractivity contribution >= 4 is 21.4 Å². The number of aromatic nitrogens is 1. The van der Waals surface area contributed by atoms with E-state index in [1.807, 2.05) is 12.3 Å². The van der Waals surface area contributed by atoms with Crippen molar-refractivity contribution in [3.8, 4) is 0 Å². The predicted molar refractivity (Wildman–Crippen MR) is 79.8 cm³/mol. The molecule has 0 amide bonds. The second-order valence-corrected chi connectivity index (χ2v) is 5.38. The highest BCUT2D eigenvalue weighted by Gasteiger charge is 2.15. The zero-order valence-corrected chi connectivity index (χ0v) is 11.2. The van der Waals surface area contributed by atoms with Gasteiger partial charge in [-0.2, -0.15) is 0 Å². The van der Waals surface area contributed by atoms with E-state index in [9.17, 15) is 0 Å². The van der Waals surface area contributed by atoms with Gasteiger partial charge in [0, 0.05) is 17.1 Å². The minimum absolute atomic E-state index is 0.111. The maximum Gasteiger partial charge on any atom is 0.0515 e. The summed E-state index contributed by atoms with van der Waals surface area (Å²) in [6.07, 6.45) is 4.51. The monoisotopic (exact) mass is 269 g/mol. The molecule has 0 aliphatic carbocycles. The van der Waals surface area contributed by atoms with Gasteiger partial charge in [-0.05, 0) is 40.4 Å². The van der Waals surface area contributed by atoms with Crippen LogP contribution in [0.5, 0.6) is 0 Å². The summed E-state index contributed by atoms with van der Waals surface area (Å²) in [7, 11) is 0. The Bertz CT molecular complexity index is 663. The number of nitrogens with zero attached hydrogens (tertiary/aromatic N) is 1. The molecule has 0 saturated carbocycles. The minimum atomic E-state index is 0.111. The maximum absolute atomic E-state index is 5.74. The molecule has 0 fully saturated rings. The first kappa shape index (κ1) is 12.3. The molecule has 1 aromatic carbocycles. The van der Waals surface area contributed by atoms with Crippen LogP contribution in [0.15, 0.2) is 54.2 Å². The van der Waals surface area contributed by atoms with E-state index in [4.69, 9.17) is 5.84 Å². The number of hydrazine groups is 1. The molecule has 19 heavy (non-hydrogen) atoms. The Kier molecular flexibility index (Phi) is 3.55. The maximum atomic E-state index is 5.74. The second kappa shape index (κ2) is 5.48. The molecule has 0 spiro atoms. The number of nitrogens with one attached hydrogen (secondary N) is 1. The Morgan fingerprint density at radius 3 is 2.89 bits per heavy atom. The van der Waals surface area contributed by atoms with Crippen molar-refractivity contribution in [2.45, 2.75) is 12.5 Å². The quantitative estimate of drug-likeness (QED) is 0.565. The smallest absolute Gasteiger partial charge is 0.0515 e. The SMILES string of the molecule is NNC(Cc1cccnc1)c1csc2ccccc12. The lowest BCUT2D eigenvalue weighted by Crippen LogP contribution is -2.29. The molecule has 3 rings (SSSR count). The number of hydrogen-bond donors (Lipinski definition) is 2. The largest absolute Gasteiger partial charge is 0.271 e.